The summed E-state index contributed by atoms with van der Waals surface area (Å²) in [5.74, 6) is 0.519. The standard InChI is InChI=1S/C22H28N4O2/c1-16-4-5-20(12-17(16)2)26-15-19(13-21(26)27)22(28)24-10-6-18(7-11-24)14-25-9-3-8-23-25/h3-5,8-9,12,18-19H,6-7,10-11,13-15H2,1-2H3. The normalized spacial score (nSPS) is 20.8. The zero-order valence-electron chi connectivity index (χ0n) is 16.7. The predicted octanol–water partition coefficient (Wildman–Crippen LogP) is 2.79. The summed E-state index contributed by atoms with van der Waals surface area (Å²) in [5.41, 5.74) is 3.28. The van der Waals surface area contributed by atoms with Gasteiger partial charge in [-0.25, -0.2) is 0 Å². The number of hydrogen-bond donors (Lipinski definition) is 0. The molecule has 1 aromatic carbocycles. The number of benzene rings is 1. The number of anilines is 1. The van der Waals surface area contributed by atoms with E-state index in [4.69, 9.17) is 0 Å². The minimum atomic E-state index is -0.225. The van der Waals surface area contributed by atoms with Crippen molar-refractivity contribution < 1.29 is 9.59 Å². The fourth-order valence-corrected chi connectivity index (χ4v) is 4.28. The molecule has 1 atom stereocenters. The van der Waals surface area contributed by atoms with Crippen LogP contribution in [-0.4, -0.2) is 46.1 Å². The Kier molecular flexibility index (Phi) is 5.20. The minimum absolute atomic E-state index is 0.0511. The third-order valence-electron chi connectivity index (χ3n) is 6.21. The lowest BCUT2D eigenvalue weighted by molar-refractivity contribution is -0.137. The smallest absolute Gasteiger partial charge is 0.228 e. The summed E-state index contributed by atoms with van der Waals surface area (Å²) in [4.78, 5) is 29.3. The van der Waals surface area contributed by atoms with E-state index in [9.17, 15) is 9.59 Å². The maximum absolute atomic E-state index is 13.0. The lowest BCUT2D eigenvalue weighted by Crippen LogP contribution is -2.43. The number of nitrogens with zero attached hydrogens (tertiary/aromatic N) is 4. The molecular weight excluding hydrogens is 352 g/mol. The SMILES string of the molecule is Cc1ccc(N2CC(C(=O)N3CCC(Cn4cccn4)CC3)CC2=O)cc1C. The number of aromatic nitrogens is 2. The van der Waals surface area contributed by atoms with Crippen LogP contribution in [0.25, 0.3) is 0 Å². The van der Waals surface area contributed by atoms with Gasteiger partial charge in [-0.05, 0) is 61.9 Å². The average Bonchev–Trinajstić information content (AvgIpc) is 3.34. The van der Waals surface area contributed by atoms with E-state index >= 15 is 0 Å². The molecule has 2 aromatic rings. The Morgan fingerprint density at radius 1 is 1.18 bits per heavy atom. The Balaban J connectivity index is 1.34. The first-order valence-electron chi connectivity index (χ1n) is 10.1. The van der Waals surface area contributed by atoms with Crippen molar-refractivity contribution >= 4 is 17.5 Å². The van der Waals surface area contributed by atoms with Crippen LogP contribution in [0.15, 0.2) is 36.7 Å². The third kappa shape index (κ3) is 3.81. The number of rotatable bonds is 4. The summed E-state index contributed by atoms with van der Waals surface area (Å²) in [5, 5.41) is 4.28. The summed E-state index contributed by atoms with van der Waals surface area (Å²) in [6, 6.07) is 8.00. The van der Waals surface area contributed by atoms with Crippen LogP contribution in [0.2, 0.25) is 0 Å². The number of aryl methyl sites for hydroxylation is 2. The second kappa shape index (κ2) is 7.78. The molecule has 6 heteroatoms. The van der Waals surface area contributed by atoms with Crippen LogP contribution in [0.5, 0.6) is 0 Å². The molecule has 0 bridgehead atoms. The van der Waals surface area contributed by atoms with Gasteiger partial charge < -0.3 is 9.80 Å². The second-order valence-corrected chi connectivity index (χ2v) is 8.17. The van der Waals surface area contributed by atoms with Crippen LogP contribution < -0.4 is 4.90 Å². The van der Waals surface area contributed by atoms with E-state index in [1.54, 1.807) is 11.1 Å². The average molecular weight is 380 g/mol. The van der Waals surface area contributed by atoms with E-state index in [0.29, 0.717) is 18.9 Å². The zero-order valence-corrected chi connectivity index (χ0v) is 16.7. The lowest BCUT2D eigenvalue weighted by atomic mass is 9.95. The summed E-state index contributed by atoms with van der Waals surface area (Å²) in [6.07, 6.45) is 6.10. The highest BCUT2D eigenvalue weighted by atomic mass is 16.2. The molecule has 3 heterocycles. The molecule has 4 rings (SSSR count). The number of amides is 2. The molecule has 2 saturated heterocycles. The van der Waals surface area contributed by atoms with Gasteiger partial charge in [-0.15, -0.1) is 0 Å². The van der Waals surface area contributed by atoms with Gasteiger partial charge in [0.1, 0.15) is 0 Å². The summed E-state index contributed by atoms with van der Waals surface area (Å²) < 4.78 is 1.97. The van der Waals surface area contributed by atoms with Gasteiger partial charge >= 0.3 is 0 Å². The maximum atomic E-state index is 13.0. The Labute approximate surface area is 166 Å². The molecule has 1 aromatic heterocycles. The first-order chi connectivity index (χ1) is 13.5. The van der Waals surface area contributed by atoms with Crippen molar-refractivity contribution in [3.05, 3.63) is 47.8 Å². The number of carbonyl (C=O) groups excluding carboxylic acids is 2. The summed E-state index contributed by atoms with van der Waals surface area (Å²) in [6.45, 7) is 7.08. The van der Waals surface area contributed by atoms with Gasteiger partial charge in [0.25, 0.3) is 0 Å². The van der Waals surface area contributed by atoms with Gasteiger partial charge in [0.2, 0.25) is 11.8 Å². The van der Waals surface area contributed by atoms with E-state index in [0.717, 1.165) is 38.2 Å². The quantitative estimate of drug-likeness (QED) is 0.820. The molecule has 0 saturated carbocycles. The molecule has 2 aliphatic rings. The highest BCUT2D eigenvalue weighted by Crippen LogP contribution is 2.29. The lowest BCUT2D eigenvalue weighted by Gasteiger charge is -2.33. The molecule has 28 heavy (non-hydrogen) atoms. The van der Waals surface area contributed by atoms with Crippen molar-refractivity contribution in [3.63, 3.8) is 0 Å². The van der Waals surface area contributed by atoms with Gasteiger partial charge in [-0.1, -0.05) is 6.07 Å². The Morgan fingerprint density at radius 2 is 1.96 bits per heavy atom. The topological polar surface area (TPSA) is 58.4 Å². The molecule has 0 radical (unpaired) electrons. The summed E-state index contributed by atoms with van der Waals surface area (Å²) >= 11 is 0. The fraction of sp³-hybridized carbons (Fsp3) is 0.500. The Bertz CT molecular complexity index is 853. The molecule has 2 fully saturated rings. The molecule has 0 N–H and O–H groups in total. The highest BCUT2D eigenvalue weighted by Gasteiger charge is 2.38. The first-order valence-corrected chi connectivity index (χ1v) is 10.1. The fourth-order valence-electron chi connectivity index (χ4n) is 4.28. The van der Waals surface area contributed by atoms with Gasteiger partial charge in [0.15, 0.2) is 0 Å². The molecule has 148 valence electrons. The Hall–Kier alpha value is -2.63. The van der Waals surface area contributed by atoms with E-state index in [-0.39, 0.29) is 17.7 Å². The second-order valence-electron chi connectivity index (χ2n) is 8.17. The zero-order chi connectivity index (χ0) is 19.7. The van der Waals surface area contributed by atoms with Crippen molar-refractivity contribution in [1.29, 1.82) is 0 Å². The Morgan fingerprint density at radius 3 is 2.64 bits per heavy atom. The molecule has 2 amide bonds. The summed E-state index contributed by atoms with van der Waals surface area (Å²) in [7, 11) is 0. The van der Waals surface area contributed by atoms with Crippen LogP contribution >= 0.6 is 0 Å². The maximum Gasteiger partial charge on any atom is 0.228 e. The van der Waals surface area contributed by atoms with Gasteiger partial charge in [-0.3, -0.25) is 14.3 Å². The van der Waals surface area contributed by atoms with Gasteiger partial charge in [-0.2, -0.15) is 5.10 Å². The van der Waals surface area contributed by atoms with Crippen LogP contribution in [-0.2, 0) is 16.1 Å². The van der Waals surface area contributed by atoms with Gasteiger partial charge in [0.05, 0.1) is 5.92 Å². The van der Waals surface area contributed by atoms with Crippen molar-refractivity contribution in [2.45, 2.75) is 39.7 Å². The van der Waals surface area contributed by atoms with E-state index in [1.807, 2.05) is 40.0 Å². The van der Waals surface area contributed by atoms with E-state index in [2.05, 4.69) is 18.9 Å². The minimum Gasteiger partial charge on any atom is -0.342 e. The molecule has 0 aliphatic carbocycles. The van der Waals surface area contributed by atoms with Crippen molar-refractivity contribution in [1.82, 2.24) is 14.7 Å². The monoisotopic (exact) mass is 380 g/mol. The van der Waals surface area contributed by atoms with Crippen LogP contribution in [0.1, 0.15) is 30.4 Å². The number of hydrogen-bond acceptors (Lipinski definition) is 3. The molecule has 1 unspecified atom stereocenters. The van der Waals surface area contributed by atoms with Crippen LogP contribution in [0, 0.1) is 25.7 Å². The van der Waals surface area contributed by atoms with Crippen molar-refractivity contribution in [2.75, 3.05) is 24.5 Å². The van der Waals surface area contributed by atoms with Crippen LogP contribution in [0.3, 0.4) is 0 Å². The largest absolute Gasteiger partial charge is 0.342 e. The van der Waals surface area contributed by atoms with Crippen molar-refractivity contribution in [3.8, 4) is 0 Å². The molecule has 2 aliphatic heterocycles. The van der Waals surface area contributed by atoms with Crippen molar-refractivity contribution in [2.24, 2.45) is 11.8 Å². The first kappa shape index (κ1) is 18.7. The third-order valence-corrected chi connectivity index (χ3v) is 6.21. The highest BCUT2D eigenvalue weighted by molar-refractivity contribution is 6.00. The molecular formula is C22H28N4O2. The number of likely N-dealkylation sites (tertiary alicyclic amines) is 1. The van der Waals surface area contributed by atoms with Crippen LogP contribution in [0.4, 0.5) is 5.69 Å². The predicted molar refractivity (Wildman–Crippen MR) is 108 cm³/mol. The van der Waals surface area contributed by atoms with Gasteiger partial charge in [0, 0.05) is 50.7 Å². The molecule has 0 spiro atoms. The number of piperidine rings is 1. The van der Waals surface area contributed by atoms with E-state index in [1.165, 1.54) is 11.1 Å². The molecule has 6 nitrogen and oxygen atoms in total. The van der Waals surface area contributed by atoms with E-state index < -0.39 is 0 Å². The number of carbonyl (C=O) groups is 2.